The number of rotatable bonds is 4. The number of hydrogen-bond acceptors (Lipinski definition) is 4. The van der Waals surface area contributed by atoms with E-state index in [1.165, 1.54) is 25.7 Å². The maximum absolute atomic E-state index is 9.57. The van der Waals surface area contributed by atoms with Crippen LogP contribution in [0.5, 0.6) is 0 Å². The Balaban J connectivity index is 2.12. The first kappa shape index (κ1) is 11.5. The molecular formula is C12H19N3O. The van der Waals surface area contributed by atoms with E-state index in [-0.39, 0.29) is 6.61 Å². The fourth-order valence-electron chi connectivity index (χ4n) is 2.31. The highest BCUT2D eigenvalue weighted by Crippen LogP contribution is 2.24. The van der Waals surface area contributed by atoms with Crippen LogP contribution in [-0.2, 0) is 5.54 Å². The molecule has 4 heteroatoms. The van der Waals surface area contributed by atoms with Gasteiger partial charge in [0.05, 0.1) is 24.0 Å². The molecule has 1 aromatic rings. The summed E-state index contributed by atoms with van der Waals surface area (Å²) in [6.07, 6.45) is 9.97. The Kier molecular flexibility index (Phi) is 3.51. The Morgan fingerprint density at radius 2 is 2.19 bits per heavy atom. The summed E-state index contributed by atoms with van der Waals surface area (Å²) in [6, 6.07) is 0.499. The minimum absolute atomic E-state index is 0.0438. The lowest BCUT2D eigenvalue weighted by atomic mass is 9.97. The number of aliphatic hydroxyl groups excluding tert-OH is 1. The van der Waals surface area contributed by atoms with Gasteiger partial charge in [-0.05, 0) is 19.8 Å². The Bertz CT molecular complexity index is 324. The van der Waals surface area contributed by atoms with Crippen LogP contribution in [0, 0.1) is 0 Å². The largest absolute Gasteiger partial charge is 0.394 e. The molecule has 1 fully saturated rings. The average molecular weight is 221 g/mol. The third-order valence-corrected chi connectivity index (χ3v) is 3.32. The molecule has 0 amide bonds. The van der Waals surface area contributed by atoms with Gasteiger partial charge in [-0.2, -0.15) is 0 Å². The third kappa shape index (κ3) is 2.39. The smallest absolute Gasteiger partial charge is 0.0831 e. The highest BCUT2D eigenvalue weighted by atomic mass is 16.3. The summed E-state index contributed by atoms with van der Waals surface area (Å²) in [5, 5.41) is 13.1. The summed E-state index contributed by atoms with van der Waals surface area (Å²) < 4.78 is 0. The molecule has 1 atom stereocenters. The SMILES string of the molecule is CC(CO)(NC1CCCC1)c1cnccn1. The summed E-state index contributed by atoms with van der Waals surface area (Å²) in [5.74, 6) is 0. The molecule has 0 saturated heterocycles. The van der Waals surface area contributed by atoms with Gasteiger partial charge in [0.15, 0.2) is 0 Å². The topological polar surface area (TPSA) is 58.0 Å². The van der Waals surface area contributed by atoms with E-state index in [4.69, 9.17) is 0 Å². The van der Waals surface area contributed by atoms with E-state index in [0.717, 1.165) is 5.69 Å². The highest BCUT2D eigenvalue weighted by Gasteiger charge is 2.31. The highest BCUT2D eigenvalue weighted by molar-refractivity contribution is 5.11. The predicted molar refractivity (Wildman–Crippen MR) is 61.9 cm³/mol. The van der Waals surface area contributed by atoms with Crippen LogP contribution in [0.2, 0.25) is 0 Å². The Labute approximate surface area is 96.1 Å². The van der Waals surface area contributed by atoms with Crippen LogP contribution in [0.15, 0.2) is 18.6 Å². The van der Waals surface area contributed by atoms with Gasteiger partial charge in [0.2, 0.25) is 0 Å². The molecule has 0 aliphatic heterocycles. The van der Waals surface area contributed by atoms with Gasteiger partial charge in [0.1, 0.15) is 0 Å². The average Bonchev–Trinajstić information content (AvgIpc) is 2.83. The molecule has 1 aliphatic carbocycles. The maximum Gasteiger partial charge on any atom is 0.0831 e. The van der Waals surface area contributed by atoms with E-state index in [9.17, 15) is 5.11 Å². The van der Waals surface area contributed by atoms with Gasteiger partial charge in [-0.1, -0.05) is 12.8 Å². The van der Waals surface area contributed by atoms with E-state index in [1.54, 1.807) is 18.6 Å². The van der Waals surface area contributed by atoms with Crippen LogP contribution in [-0.4, -0.2) is 27.7 Å². The molecule has 0 spiro atoms. The molecular weight excluding hydrogens is 202 g/mol. The van der Waals surface area contributed by atoms with Crippen molar-refractivity contribution in [3.8, 4) is 0 Å². The van der Waals surface area contributed by atoms with Crippen molar-refractivity contribution >= 4 is 0 Å². The lowest BCUT2D eigenvalue weighted by Gasteiger charge is -2.31. The lowest BCUT2D eigenvalue weighted by molar-refractivity contribution is 0.157. The second kappa shape index (κ2) is 4.89. The molecule has 0 radical (unpaired) electrons. The van der Waals surface area contributed by atoms with E-state index in [0.29, 0.717) is 6.04 Å². The quantitative estimate of drug-likeness (QED) is 0.802. The molecule has 4 nitrogen and oxygen atoms in total. The first-order valence-electron chi connectivity index (χ1n) is 5.90. The molecule has 0 bridgehead atoms. The molecule has 88 valence electrons. The summed E-state index contributed by atoms with van der Waals surface area (Å²) >= 11 is 0. The molecule has 16 heavy (non-hydrogen) atoms. The van der Waals surface area contributed by atoms with Gasteiger partial charge in [0, 0.05) is 18.4 Å². The number of aliphatic hydroxyl groups is 1. The molecule has 2 rings (SSSR count). The monoisotopic (exact) mass is 221 g/mol. The molecule has 1 heterocycles. The molecule has 0 aromatic carbocycles. The summed E-state index contributed by atoms with van der Waals surface area (Å²) in [7, 11) is 0. The fourth-order valence-corrected chi connectivity index (χ4v) is 2.31. The normalized spacial score (nSPS) is 20.9. The van der Waals surface area contributed by atoms with E-state index in [2.05, 4.69) is 15.3 Å². The number of aromatic nitrogens is 2. The zero-order chi connectivity index (χ0) is 11.4. The molecule has 1 aliphatic rings. The van der Waals surface area contributed by atoms with Crippen molar-refractivity contribution in [2.45, 2.75) is 44.2 Å². The minimum Gasteiger partial charge on any atom is -0.394 e. The Morgan fingerprint density at radius 1 is 1.44 bits per heavy atom. The van der Waals surface area contributed by atoms with E-state index >= 15 is 0 Å². The fraction of sp³-hybridized carbons (Fsp3) is 0.667. The zero-order valence-corrected chi connectivity index (χ0v) is 9.69. The minimum atomic E-state index is -0.469. The van der Waals surface area contributed by atoms with Crippen LogP contribution >= 0.6 is 0 Å². The molecule has 1 saturated carbocycles. The second-order valence-corrected chi connectivity index (χ2v) is 4.71. The number of nitrogens with zero attached hydrogens (tertiary/aromatic N) is 2. The van der Waals surface area contributed by atoms with Crippen LogP contribution in [0.25, 0.3) is 0 Å². The number of hydrogen-bond donors (Lipinski definition) is 2. The standard InChI is InChI=1S/C12H19N3O/c1-12(9-16,11-8-13-6-7-14-11)15-10-4-2-3-5-10/h6-8,10,15-16H,2-5,9H2,1H3. The van der Waals surface area contributed by atoms with Gasteiger partial charge in [-0.3, -0.25) is 9.97 Å². The molecule has 1 unspecified atom stereocenters. The second-order valence-electron chi connectivity index (χ2n) is 4.71. The summed E-state index contributed by atoms with van der Waals surface area (Å²) in [4.78, 5) is 8.34. The summed E-state index contributed by atoms with van der Waals surface area (Å²) in [6.45, 7) is 2.03. The van der Waals surface area contributed by atoms with E-state index < -0.39 is 5.54 Å². The van der Waals surface area contributed by atoms with Gasteiger partial charge >= 0.3 is 0 Å². The van der Waals surface area contributed by atoms with Crippen LogP contribution in [0.3, 0.4) is 0 Å². The Morgan fingerprint density at radius 3 is 2.75 bits per heavy atom. The van der Waals surface area contributed by atoms with Crippen LogP contribution < -0.4 is 5.32 Å². The third-order valence-electron chi connectivity index (χ3n) is 3.32. The van der Waals surface area contributed by atoms with Gasteiger partial charge in [-0.25, -0.2) is 0 Å². The van der Waals surface area contributed by atoms with Gasteiger partial charge in [0.25, 0.3) is 0 Å². The first-order chi connectivity index (χ1) is 7.74. The summed E-state index contributed by atoms with van der Waals surface area (Å²) in [5.41, 5.74) is 0.341. The van der Waals surface area contributed by atoms with Crippen molar-refractivity contribution in [2.24, 2.45) is 0 Å². The maximum atomic E-state index is 9.57. The lowest BCUT2D eigenvalue weighted by Crippen LogP contribution is -2.48. The van der Waals surface area contributed by atoms with Crippen molar-refractivity contribution in [2.75, 3.05) is 6.61 Å². The first-order valence-corrected chi connectivity index (χ1v) is 5.90. The van der Waals surface area contributed by atoms with Crippen LogP contribution in [0.4, 0.5) is 0 Å². The molecule has 1 aromatic heterocycles. The Hall–Kier alpha value is -1.00. The van der Waals surface area contributed by atoms with Crippen molar-refractivity contribution in [1.82, 2.24) is 15.3 Å². The van der Waals surface area contributed by atoms with Crippen LogP contribution in [0.1, 0.15) is 38.3 Å². The van der Waals surface area contributed by atoms with Crippen molar-refractivity contribution in [1.29, 1.82) is 0 Å². The van der Waals surface area contributed by atoms with Crippen molar-refractivity contribution < 1.29 is 5.11 Å². The predicted octanol–water partition coefficient (Wildman–Crippen LogP) is 1.22. The molecule has 2 N–H and O–H groups in total. The van der Waals surface area contributed by atoms with Crippen molar-refractivity contribution in [3.63, 3.8) is 0 Å². The van der Waals surface area contributed by atoms with E-state index in [1.807, 2.05) is 6.92 Å². The van der Waals surface area contributed by atoms with Gasteiger partial charge < -0.3 is 10.4 Å². The van der Waals surface area contributed by atoms with Gasteiger partial charge in [-0.15, -0.1) is 0 Å². The zero-order valence-electron chi connectivity index (χ0n) is 9.69. The van der Waals surface area contributed by atoms with Crippen molar-refractivity contribution in [3.05, 3.63) is 24.3 Å². The number of nitrogens with one attached hydrogen (secondary N) is 1.